The van der Waals surface area contributed by atoms with Crippen LogP contribution in [0.25, 0.3) is 11.4 Å². The van der Waals surface area contributed by atoms with E-state index in [9.17, 15) is 32.8 Å². The Morgan fingerprint density at radius 3 is 2.65 bits per heavy atom. The van der Waals surface area contributed by atoms with E-state index < -0.39 is 29.4 Å². The van der Waals surface area contributed by atoms with Gasteiger partial charge >= 0.3 is 12.3 Å². The number of ether oxygens (including phenoxy) is 1. The van der Waals surface area contributed by atoms with Gasteiger partial charge in [-0.15, -0.1) is 10.5 Å². The number of hydrazine groups is 1. The van der Waals surface area contributed by atoms with Crippen LogP contribution in [-0.4, -0.2) is 88.3 Å². The van der Waals surface area contributed by atoms with Gasteiger partial charge in [0.15, 0.2) is 17.3 Å². The summed E-state index contributed by atoms with van der Waals surface area (Å²) in [4.78, 5) is 59.1. The van der Waals surface area contributed by atoms with Crippen LogP contribution in [0, 0.1) is 11.8 Å². The summed E-state index contributed by atoms with van der Waals surface area (Å²) in [6.07, 6.45) is -0.466. The molecule has 19 heteroatoms. The van der Waals surface area contributed by atoms with Crippen molar-refractivity contribution in [3.8, 4) is 5.75 Å². The van der Waals surface area contributed by atoms with Crippen molar-refractivity contribution in [2.24, 2.45) is 0 Å². The summed E-state index contributed by atoms with van der Waals surface area (Å²) in [5.74, 6) is -0.597. The molecular weight excluding hydrogens is 709 g/mol. The minimum absolute atomic E-state index is 0.0272. The standard InChI is InChI=1S/C33H32ClF3N10O5/c1-16-13-24(47(51)41-21-4-3-19(14-20(21)34)33(35,36)37)45-26(16)27(31(50)46-32(45)40-29(42-46)18-7-11-52-12-8-18)43-9-10-44(23-6-5-22(23)43)30(49)25-28(48)17(2)38-15-39-25/h3-4,7,14-16,22-24H,5-6,8-13H2,1-2H3,(H-,41,48,49,51)/p+1/t16-,22+,23+,24+/m1/s1. The van der Waals surface area contributed by atoms with Crippen LogP contribution in [0.5, 0.6) is 5.75 Å². The molecule has 0 spiro atoms. The van der Waals surface area contributed by atoms with Gasteiger partial charge in [0, 0.05) is 31.5 Å². The highest BCUT2D eigenvalue weighted by molar-refractivity contribution is 6.33. The number of anilines is 2. The first-order valence-electron chi connectivity index (χ1n) is 16.8. The first-order chi connectivity index (χ1) is 24.8. The first-order valence-corrected chi connectivity index (χ1v) is 17.2. The van der Waals surface area contributed by atoms with Crippen molar-refractivity contribution in [1.29, 1.82) is 0 Å². The number of nitroso groups, excluding NO2 is 1. The fourth-order valence-electron chi connectivity index (χ4n) is 7.67. The number of fused-ring (bicyclic) bond motifs is 4. The maximum atomic E-state index is 14.6. The minimum atomic E-state index is -4.62. The second-order valence-electron chi connectivity index (χ2n) is 13.4. The van der Waals surface area contributed by atoms with Gasteiger partial charge in [0.2, 0.25) is 5.78 Å². The number of hydrogen-bond donors (Lipinski definition) is 2. The third kappa shape index (κ3) is 5.46. The summed E-state index contributed by atoms with van der Waals surface area (Å²) in [6.45, 7) is 4.78. The molecule has 1 amide bonds. The van der Waals surface area contributed by atoms with Gasteiger partial charge in [-0.1, -0.05) is 24.6 Å². The largest absolute Gasteiger partial charge is 0.504 e. The zero-order chi connectivity index (χ0) is 36.6. The number of rotatable bonds is 6. The summed E-state index contributed by atoms with van der Waals surface area (Å²) < 4.78 is 48.2. The van der Waals surface area contributed by atoms with Gasteiger partial charge in [0.25, 0.3) is 11.5 Å². The molecule has 6 heterocycles. The molecule has 0 radical (unpaired) electrons. The molecule has 2 fully saturated rings. The summed E-state index contributed by atoms with van der Waals surface area (Å²) in [7, 11) is 0. The van der Waals surface area contributed by atoms with Crippen LogP contribution in [0.3, 0.4) is 0 Å². The molecule has 2 N–H and O–H groups in total. The highest BCUT2D eigenvalue weighted by Gasteiger charge is 2.50. The smallest absolute Gasteiger partial charge is 0.416 e. The van der Waals surface area contributed by atoms with E-state index in [0.29, 0.717) is 54.6 Å². The van der Waals surface area contributed by atoms with E-state index in [2.05, 4.69) is 20.5 Å². The number of aromatic hydroxyl groups is 1. The Morgan fingerprint density at radius 1 is 1.17 bits per heavy atom. The molecule has 272 valence electrons. The predicted octanol–water partition coefficient (Wildman–Crippen LogP) is 4.48. The highest BCUT2D eigenvalue weighted by Crippen LogP contribution is 2.45. The number of halogens is 4. The molecule has 4 atom stereocenters. The van der Waals surface area contributed by atoms with E-state index in [1.807, 2.05) is 17.9 Å². The quantitative estimate of drug-likeness (QED) is 0.212. The fraction of sp³-hybridized carbons (Fsp3) is 0.455. The molecule has 1 saturated heterocycles. The molecule has 1 saturated carbocycles. The van der Waals surface area contributed by atoms with Gasteiger partial charge in [-0.25, -0.2) is 14.5 Å². The van der Waals surface area contributed by atoms with E-state index in [0.717, 1.165) is 23.8 Å². The lowest BCUT2D eigenvalue weighted by Crippen LogP contribution is -2.67. The van der Waals surface area contributed by atoms with Crippen LogP contribution in [0.2, 0.25) is 5.02 Å². The van der Waals surface area contributed by atoms with Crippen LogP contribution in [0.1, 0.15) is 78.0 Å². The number of aromatic nitrogens is 6. The second-order valence-corrected chi connectivity index (χ2v) is 13.8. The lowest BCUT2D eigenvalue weighted by Gasteiger charge is -2.54. The lowest BCUT2D eigenvalue weighted by molar-refractivity contribution is -0.580. The molecule has 52 heavy (non-hydrogen) atoms. The zero-order valence-corrected chi connectivity index (χ0v) is 28.7. The molecule has 4 aliphatic rings. The van der Waals surface area contributed by atoms with E-state index in [1.165, 1.54) is 10.8 Å². The number of alkyl halides is 3. The average Bonchev–Trinajstić information content (AvgIpc) is 3.69. The average molecular weight is 742 g/mol. The number of carbonyl (C=O) groups is 1. The van der Waals surface area contributed by atoms with Gasteiger partial charge in [0.05, 0.1) is 46.1 Å². The Morgan fingerprint density at radius 2 is 1.96 bits per heavy atom. The van der Waals surface area contributed by atoms with Crippen molar-refractivity contribution < 1.29 is 32.7 Å². The molecular formula is C33H33ClF3N10O5+. The number of aryl methyl sites for hydroxylation is 1. The normalized spacial score (nSPS) is 22.8. The molecule has 15 nitrogen and oxygen atoms in total. The van der Waals surface area contributed by atoms with E-state index in [1.54, 1.807) is 16.4 Å². The number of benzene rings is 1. The third-order valence-corrected chi connectivity index (χ3v) is 10.7. The maximum Gasteiger partial charge on any atom is 0.416 e. The van der Waals surface area contributed by atoms with E-state index in [-0.39, 0.29) is 71.1 Å². The third-order valence-electron chi connectivity index (χ3n) is 10.4. The number of piperazine rings is 1. The van der Waals surface area contributed by atoms with Crippen LogP contribution in [0.4, 0.5) is 24.5 Å². The fourth-order valence-corrected chi connectivity index (χ4v) is 7.89. The number of nitrogens with one attached hydrogen (secondary N) is 1. The number of carbonyl (C=O) groups excluding carboxylic acids is 1. The Kier molecular flexibility index (Phi) is 8.20. The Bertz CT molecular complexity index is 2240. The highest BCUT2D eigenvalue weighted by atomic mass is 35.5. The summed E-state index contributed by atoms with van der Waals surface area (Å²) in [6, 6.07) is 2.14. The Hall–Kier alpha value is -5.10. The molecule has 3 aliphatic heterocycles. The van der Waals surface area contributed by atoms with Crippen molar-refractivity contribution >= 4 is 40.2 Å². The Labute approximate surface area is 298 Å². The molecule has 8 rings (SSSR count). The minimum Gasteiger partial charge on any atom is -0.504 e. The van der Waals surface area contributed by atoms with Crippen molar-refractivity contribution in [3.63, 3.8) is 0 Å². The molecule has 3 aromatic heterocycles. The van der Waals surface area contributed by atoms with Gasteiger partial charge in [-0.05, 0) is 50.0 Å². The van der Waals surface area contributed by atoms with Gasteiger partial charge in [-0.3, -0.25) is 9.59 Å². The lowest BCUT2D eigenvalue weighted by atomic mass is 9.81. The van der Waals surface area contributed by atoms with E-state index in [4.69, 9.17) is 21.3 Å². The van der Waals surface area contributed by atoms with Gasteiger partial charge < -0.3 is 19.6 Å². The number of hydrogen-bond acceptors (Lipinski definition) is 10. The van der Waals surface area contributed by atoms with Gasteiger partial charge in [-0.2, -0.15) is 22.7 Å². The van der Waals surface area contributed by atoms with Crippen LogP contribution in [-0.2, 0) is 10.9 Å². The topological polar surface area (TPSA) is 163 Å². The number of nitrogens with zero attached hydrogens (tertiary/aromatic N) is 9. The Balaban J connectivity index is 1.20. The summed E-state index contributed by atoms with van der Waals surface area (Å²) >= 11 is 6.20. The zero-order valence-electron chi connectivity index (χ0n) is 28.0. The van der Waals surface area contributed by atoms with Crippen molar-refractivity contribution in [2.45, 2.75) is 69.9 Å². The van der Waals surface area contributed by atoms with Crippen LogP contribution in [0.15, 0.2) is 35.4 Å². The molecule has 1 aromatic carbocycles. The molecule has 0 unspecified atom stereocenters. The monoisotopic (exact) mass is 741 g/mol. The summed E-state index contributed by atoms with van der Waals surface area (Å²) in [5, 5.41) is 14.9. The van der Waals surface area contributed by atoms with Crippen molar-refractivity contribution in [2.75, 3.05) is 36.6 Å². The molecule has 1 aliphatic carbocycles. The SMILES string of the molecule is Cc1ncnc(C(=O)N2CCN(c3c4n(c5nc(C6=CCOCC6)nn5c3=O)[C@@H]([N+](=O)Nc3ccc(C(F)(F)F)cc3Cl)C[C@H]4C)[C@H]3CC[C@@H]32)c1O. The van der Waals surface area contributed by atoms with Crippen molar-refractivity contribution in [1.82, 2.24) is 34.0 Å². The van der Waals surface area contributed by atoms with Crippen molar-refractivity contribution in [3.05, 3.63) is 79.4 Å². The predicted molar refractivity (Wildman–Crippen MR) is 180 cm³/mol. The molecule has 0 bridgehead atoms. The van der Waals surface area contributed by atoms with Gasteiger partial charge in [0.1, 0.15) is 22.6 Å². The molecule has 4 aromatic rings. The summed E-state index contributed by atoms with van der Waals surface area (Å²) in [5.41, 5.74) is 3.09. The van der Waals surface area contributed by atoms with E-state index >= 15 is 0 Å². The maximum absolute atomic E-state index is 14.6. The van der Waals surface area contributed by atoms with Crippen LogP contribution < -0.4 is 15.9 Å². The first kappa shape index (κ1) is 34.0. The number of amides is 1. The van der Waals surface area contributed by atoms with Crippen LogP contribution >= 0.6 is 11.6 Å². The second kappa shape index (κ2) is 12.5.